The van der Waals surface area contributed by atoms with Crippen LogP contribution in [0.15, 0.2) is 180 Å². The zero-order valence-corrected chi connectivity index (χ0v) is 30.6. The van der Waals surface area contributed by atoms with Crippen LogP contribution in [0.1, 0.15) is 0 Å². The highest BCUT2D eigenvalue weighted by Crippen LogP contribution is 2.40. The maximum absolute atomic E-state index is 6.34. The molecule has 262 valence electrons. The average molecular weight is 736 g/mol. The number of nitrogens with zero attached hydrogens (tertiary/aromatic N) is 5. The molecule has 0 saturated heterocycles. The van der Waals surface area contributed by atoms with Crippen molar-refractivity contribution in [2.24, 2.45) is 0 Å². The van der Waals surface area contributed by atoms with Crippen LogP contribution >= 0.6 is 11.3 Å². The van der Waals surface area contributed by atoms with E-state index in [9.17, 15) is 0 Å². The second kappa shape index (κ2) is 13.2. The van der Waals surface area contributed by atoms with Crippen molar-refractivity contribution >= 4 is 53.6 Å². The lowest BCUT2D eigenvalue weighted by molar-refractivity contribution is 0.667. The van der Waals surface area contributed by atoms with E-state index in [1.165, 1.54) is 4.70 Å². The standard InChI is InChI=1S/C49H29N5OS/c1-4-13-30(14-5-1)33-19-12-20-34(27-33)48-52-46(32-17-8-3-9-18-32)53-49(54-48)36-23-25-37-39-28-35(24-26-41(39)56-42(37)29-36)47-50-43(31-15-6-2-7-16-31)45-44(51-47)38-21-10-11-22-40(38)55-45/h1-29H. The number of rotatable bonds is 6. The van der Waals surface area contributed by atoms with Gasteiger partial charge in [-0.15, -0.1) is 11.3 Å². The zero-order chi connectivity index (χ0) is 37.0. The lowest BCUT2D eigenvalue weighted by Crippen LogP contribution is -2.00. The third-order valence-electron chi connectivity index (χ3n) is 10.1. The summed E-state index contributed by atoms with van der Waals surface area (Å²) in [4.78, 5) is 25.3. The molecule has 0 bridgehead atoms. The van der Waals surface area contributed by atoms with Crippen molar-refractivity contribution in [3.8, 4) is 67.9 Å². The number of fused-ring (bicyclic) bond motifs is 6. The Bertz CT molecular complexity index is 3250. The van der Waals surface area contributed by atoms with E-state index in [0.717, 1.165) is 76.6 Å². The monoisotopic (exact) mass is 735 g/mol. The topological polar surface area (TPSA) is 77.6 Å². The number of aromatic nitrogens is 5. The van der Waals surface area contributed by atoms with Gasteiger partial charge in [-0.3, -0.25) is 0 Å². The summed E-state index contributed by atoms with van der Waals surface area (Å²) in [6.07, 6.45) is 0. The molecule has 11 aromatic rings. The van der Waals surface area contributed by atoms with E-state index in [-0.39, 0.29) is 0 Å². The summed E-state index contributed by atoms with van der Waals surface area (Å²) in [6, 6.07) is 60.0. The molecule has 0 aliphatic heterocycles. The highest BCUT2D eigenvalue weighted by atomic mass is 32.1. The summed E-state index contributed by atoms with van der Waals surface area (Å²) < 4.78 is 8.67. The molecule has 0 saturated carbocycles. The van der Waals surface area contributed by atoms with E-state index in [1.54, 1.807) is 11.3 Å². The SMILES string of the molecule is c1ccc(-c2cccc(-c3nc(-c4ccccc4)nc(-c4ccc5c(c4)sc4ccc(-c6nc(-c7ccccc7)c7oc8ccccc8c7n6)cc45)n3)c2)cc1. The van der Waals surface area contributed by atoms with Crippen LogP contribution in [0, 0.1) is 0 Å². The fourth-order valence-corrected chi connectivity index (χ4v) is 8.51. The van der Waals surface area contributed by atoms with Crippen molar-refractivity contribution in [2.45, 2.75) is 0 Å². The van der Waals surface area contributed by atoms with E-state index in [2.05, 4.69) is 103 Å². The Kier molecular flexibility index (Phi) is 7.57. The molecule has 0 atom stereocenters. The Morgan fingerprint density at radius 2 is 0.911 bits per heavy atom. The summed E-state index contributed by atoms with van der Waals surface area (Å²) >= 11 is 1.75. The van der Waals surface area contributed by atoms with Crippen molar-refractivity contribution in [3.05, 3.63) is 176 Å². The minimum absolute atomic E-state index is 0.626. The molecule has 6 nitrogen and oxygen atoms in total. The fourth-order valence-electron chi connectivity index (χ4n) is 7.39. The average Bonchev–Trinajstić information content (AvgIpc) is 3.84. The molecule has 0 amide bonds. The van der Waals surface area contributed by atoms with E-state index in [4.69, 9.17) is 29.3 Å². The summed E-state index contributed by atoms with van der Waals surface area (Å²) in [6.45, 7) is 0. The number of para-hydroxylation sites is 1. The molecule has 4 heterocycles. The minimum Gasteiger partial charge on any atom is -0.452 e. The molecule has 0 radical (unpaired) electrons. The van der Waals surface area contributed by atoms with E-state index >= 15 is 0 Å². The van der Waals surface area contributed by atoms with Gasteiger partial charge in [-0.25, -0.2) is 24.9 Å². The van der Waals surface area contributed by atoms with Crippen LogP contribution in [-0.2, 0) is 0 Å². The van der Waals surface area contributed by atoms with Gasteiger partial charge in [0, 0.05) is 53.4 Å². The number of hydrogen-bond acceptors (Lipinski definition) is 7. The Hall–Kier alpha value is -7.35. The van der Waals surface area contributed by atoms with Gasteiger partial charge >= 0.3 is 0 Å². The van der Waals surface area contributed by atoms with Crippen LogP contribution in [0.3, 0.4) is 0 Å². The van der Waals surface area contributed by atoms with Crippen LogP contribution in [0.4, 0.5) is 0 Å². The summed E-state index contributed by atoms with van der Waals surface area (Å²) in [5.74, 6) is 2.55. The molecule has 7 aromatic carbocycles. The Balaban J connectivity index is 1.03. The molecule has 0 N–H and O–H groups in total. The van der Waals surface area contributed by atoms with E-state index < -0.39 is 0 Å². The van der Waals surface area contributed by atoms with Gasteiger partial charge in [0.15, 0.2) is 28.9 Å². The molecule has 56 heavy (non-hydrogen) atoms. The quantitative estimate of drug-likeness (QED) is 0.169. The normalized spacial score (nSPS) is 11.6. The Morgan fingerprint density at radius 3 is 1.68 bits per heavy atom. The van der Waals surface area contributed by atoms with Crippen LogP contribution in [0.2, 0.25) is 0 Å². The van der Waals surface area contributed by atoms with Crippen molar-refractivity contribution in [3.63, 3.8) is 0 Å². The van der Waals surface area contributed by atoms with Gasteiger partial charge in [-0.2, -0.15) is 0 Å². The van der Waals surface area contributed by atoms with Crippen molar-refractivity contribution in [1.82, 2.24) is 24.9 Å². The molecule has 4 aromatic heterocycles. The fraction of sp³-hybridized carbons (Fsp3) is 0. The lowest BCUT2D eigenvalue weighted by Gasteiger charge is -2.10. The molecule has 7 heteroatoms. The van der Waals surface area contributed by atoms with Crippen LogP contribution in [0.5, 0.6) is 0 Å². The molecule has 0 fully saturated rings. The van der Waals surface area contributed by atoms with Gasteiger partial charge in [0.05, 0.1) is 0 Å². The highest BCUT2D eigenvalue weighted by Gasteiger charge is 2.19. The first-order valence-electron chi connectivity index (χ1n) is 18.4. The van der Waals surface area contributed by atoms with Crippen molar-refractivity contribution < 1.29 is 4.42 Å². The summed E-state index contributed by atoms with van der Waals surface area (Å²) in [5.41, 5.74) is 10.0. The number of thiophene rings is 1. The minimum atomic E-state index is 0.626. The molecule has 0 spiro atoms. The van der Waals surface area contributed by atoms with Crippen LogP contribution in [-0.4, -0.2) is 24.9 Å². The largest absolute Gasteiger partial charge is 0.452 e. The van der Waals surface area contributed by atoms with Crippen molar-refractivity contribution in [2.75, 3.05) is 0 Å². The number of furan rings is 1. The van der Waals surface area contributed by atoms with Crippen molar-refractivity contribution in [1.29, 1.82) is 0 Å². The van der Waals surface area contributed by atoms with Gasteiger partial charge in [-0.1, -0.05) is 133 Å². The zero-order valence-electron chi connectivity index (χ0n) is 29.8. The first kappa shape index (κ1) is 32.1. The number of benzene rings is 7. The Labute approximate surface area is 325 Å². The highest BCUT2D eigenvalue weighted by molar-refractivity contribution is 7.25. The van der Waals surface area contributed by atoms with Gasteiger partial charge in [0.1, 0.15) is 16.8 Å². The third kappa shape index (κ3) is 5.61. The smallest absolute Gasteiger partial charge is 0.180 e. The maximum Gasteiger partial charge on any atom is 0.180 e. The summed E-state index contributed by atoms with van der Waals surface area (Å²) in [7, 11) is 0. The van der Waals surface area contributed by atoms with Gasteiger partial charge in [0.2, 0.25) is 0 Å². The predicted octanol–water partition coefficient (Wildman–Crippen LogP) is 12.9. The molecule has 0 aliphatic carbocycles. The van der Waals surface area contributed by atoms with Crippen LogP contribution in [0.25, 0.3) is 110 Å². The van der Waals surface area contributed by atoms with E-state index in [0.29, 0.717) is 28.9 Å². The third-order valence-corrected chi connectivity index (χ3v) is 11.3. The molecular weight excluding hydrogens is 707 g/mol. The Morgan fingerprint density at radius 1 is 0.339 bits per heavy atom. The number of hydrogen-bond donors (Lipinski definition) is 0. The maximum atomic E-state index is 6.34. The molecule has 0 unspecified atom stereocenters. The van der Waals surface area contributed by atoms with Crippen LogP contribution < -0.4 is 0 Å². The van der Waals surface area contributed by atoms with E-state index in [1.807, 2.05) is 72.8 Å². The second-order valence-electron chi connectivity index (χ2n) is 13.7. The molecule has 11 rings (SSSR count). The molecule has 0 aliphatic rings. The lowest BCUT2D eigenvalue weighted by atomic mass is 10.0. The first-order valence-corrected chi connectivity index (χ1v) is 19.2. The van der Waals surface area contributed by atoms with Gasteiger partial charge in [-0.05, 0) is 53.6 Å². The second-order valence-corrected chi connectivity index (χ2v) is 14.8. The molecular formula is C49H29N5OS. The van der Waals surface area contributed by atoms with Gasteiger partial charge < -0.3 is 4.42 Å². The summed E-state index contributed by atoms with van der Waals surface area (Å²) in [5, 5.41) is 3.27. The predicted molar refractivity (Wildman–Crippen MR) is 228 cm³/mol. The van der Waals surface area contributed by atoms with Gasteiger partial charge in [0.25, 0.3) is 0 Å². The first-order chi connectivity index (χ1) is 27.7.